The van der Waals surface area contributed by atoms with Crippen LogP contribution in [0.5, 0.6) is 5.75 Å². The van der Waals surface area contributed by atoms with Crippen molar-refractivity contribution in [1.29, 1.82) is 0 Å². The van der Waals surface area contributed by atoms with Crippen LogP contribution in [0, 0.1) is 24.2 Å². The van der Waals surface area contributed by atoms with Gasteiger partial charge in [-0.2, -0.15) is 0 Å². The molecular formula is C20H28N2O3. The quantitative estimate of drug-likeness (QED) is 0.778. The minimum Gasteiger partial charge on any atom is -0.495 e. The lowest BCUT2D eigenvalue weighted by Gasteiger charge is -2.11. The van der Waals surface area contributed by atoms with Gasteiger partial charge in [0.2, 0.25) is 11.8 Å². The second kappa shape index (κ2) is 7.30. The number of allylic oxidation sites excluding steroid dienone is 2. The van der Waals surface area contributed by atoms with E-state index in [2.05, 4.69) is 30.6 Å². The first kappa shape index (κ1) is 19.0. The van der Waals surface area contributed by atoms with Crippen LogP contribution in [-0.4, -0.2) is 25.5 Å². The zero-order valence-electron chi connectivity index (χ0n) is 15.9. The summed E-state index contributed by atoms with van der Waals surface area (Å²) in [5.41, 5.74) is 2.77. The number of hydrogen-bond donors (Lipinski definition) is 2. The molecule has 1 aromatic rings. The van der Waals surface area contributed by atoms with Gasteiger partial charge in [-0.15, -0.1) is 0 Å². The molecule has 1 aliphatic carbocycles. The van der Waals surface area contributed by atoms with Gasteiger partial charge < -0.3 is 15.4 Å². The second-order valence-electron chi connectivity index (χ2n) is 7.54. The van der Waals surface area contributed by atoms with Gasteiger partial charge in [0.05, 0.1) is 25.3 Å². The van der Waals surface area contributed by atoms with Crippen LogP contribution in [0.25, 0.3) is 0 Å². The van der Waals surface area contributed by atoms with Crippen molar-refractivity contribution < 1.29 is 14.3 Å². The first-order valence-electron chi connectivity index (χ1n) is 8.54. The highest BCUT2D eigenvalue weighted by atomic mass is 16.5. The maximum Gasteiger partial charge on any atom is 0.243 e. The van der Waals surface area contributed by atoms with E-state index < -0.39 is 0 Å². The third kappa shape index (κ3) is 4.41. The molecule has 1 aromatic carbocycles. The maximum absolute atomic E-state index is 12.4. The van der Waals surface area contributed by atoms with Crippen LogP contribution in [0.3, 0.4) is 0 Å². The topological polar surface area (TPSA) is 67.4 Å². The molecule has 5 nitrogen and oxygen atoms in total. The van der Waals surface area contributed by atoms with E-state index in [4.69, 9.17) is 4.74 Å². The second-order valence-corrected chi connectivity index (χ2v) is 7.54. The number of anilines is 1. The fourth-order valence-electron chi connectivity index (χ4n) is 3.24. The molecule has 1 fully saturated rings. The lowest BCUT2D eigenvalue weighted by atomic mass is 10.1. The van der Waals surface area contributed by atoms with Gasteiger partial charge in [-0.1, -0.05) is 31.6 Å². The van der Waals surface area contributed by atoms with Gasteiger partial charge in [-0.05, 0) is 49.8 Å². The molecule has 2 unspecified atom stereocenters. The Morgan fingerprint density at radius 2 is 1.96 bits per heavy atom. The van der Waals surface area contributed by atoms with E-state index in [9.17, 15) is 9.59 Å². The number of hydrogen-bond acceptors (Lipinski definition) is 3. The summed E-state index contributed by atoms with van der Waals surface area (Å²) in [5.74, 6) is 0.409. The molecule has 25 heavy (non-hydrogen) atoms. The van der Waals surface area contributed by atoms with Gasteiger partial charge >= 0.3 is 0 Å². The number of amides is 2. The summed E-state index contributed by atoms with van der Waals surface area (Å²) in [4.78, 5) is 24.6. The summed E-state index contributed by atoms with van der Waals surface area (Å²) in [5, 5.41) is 5.55. The van der Waals surface area contributed by atoms with E-state index in [1.54, 1.807) is 13.2 Å². The summed E-state index contributed by atoms with van der Waals surface area (Å²) in [6, 6.07) is 5.56. The fourth-order valence-corrected chi connectivity index (χ4v) is 3.24. The molecule has 0 aromatic heterocycles. The number of aryl methyl sites for hydroxylation is 1. The molecule has 0 radical (unpaired) electrons. The first-order chi connectivity index (χ1) is 11.7. The molecule has 0 saturated heterocycles. The number of methoxy groups -OCH3 is 1. The van der Waals surface area contributed by atoms with Gasteiger partial charge in [0.15, 0.2) is 0 Å². The van der Waals surface area contributed by atoms with E-state index >= 15 is 0 Å². The average molecular weight is 344 g/mol. The zero-order chi connectivity index (χ0) is 18.8. The van der Waals surface area contributed by atoms with Crippen LogP contribution in [0.4, 0.5) is 5.69 Å². The van der Waals surface area contributed by atoms with Crippen molar-refractivity contribution in [2.45, 2.75) is 34.6 Å². The van der Waals surface area contributed by atoms with Crippen LogP contribution in [0.15, 0.2) is 29.8 Å². The summed E-state index contributed by atoms with van der Waals surface area (Å²) >= 11 is 0. The van der Waals surface area contributed by atoms with Gasteiger partial charge in [0.25, 0.3) is 0 Å². The van der Waals surface area contributed by atoms with Crippen molar-refractivity contribution in [1.82, 2.24) is 5.32 Å². The molecule has 1 saturated carbocycles. The van der Waals surface area contributed by atoms with E-state index in [0.717, 1.165) is 5.56 Å². The number of rotatable bonds is 6. The predicted molar refractivity (Wildman–Crippen MR) is 99.6 cm³/mol. The van der Waals surface area contributed by atoms with E-state index in [1.807, 2.05) is 32.9 Å². The minimum atomic E-state index is -0.269. The molecule has 2 N–H and O–H groups in total. The lowest BCUT2D eigenvalue weighted by molar-refractivity contribution is -0.125. The van der Waals surface area contributed by atoms with Gasteiger partial charge in [0.1, 0.15) is 5.75 Å². The third-order valence-corrected chi connectivity index (χ3v) is 4.76. The molecule has 2 rings (SSSR count). The van der Waals surface area contributed by atoms with E-state index in [-0.39, 0.29) is 35.6 Å². The van der Waals surface area contributed by atoms with Crippen molar-refractivity contribution in [3.05, 3.63) is 35.4 Å². The Bertz CT molecular complexity index is 703. The summed E-state index contributed by atoms with van der Waals surface area (Å²) < 4.78 is 5.24. The van der Waals surface area contributed by atoms with Crippen molar-refractivity contribution in [2.24, 2.45) is 17.3 Å². The monoisotopic (exact) mass is 344 g/mol. The average Bonchev–Trinajstić information content (AvgIpc) is 3.05. The third-order valence-electron chi connectivity index (χ3n) is 4.76. The minimum absolute atomic E-state index is 0.0515. The molecule has 136 valence electrons. The van der Waals surface area contributed by atoms with Crippen molar-refractivity contribution in [3.8, 4) is 5.75 Å². The number of benzene rings is 1. The smallest absolute Gasteiger partial charge is 0.243 e. The largest absolute Gasteiger partial charge is 0.495 e. The lowest BCUT2D eigenvalue weighted by Crippen LogP contribution is -2.34. The van der Waals surface area contributed by atoms with Crippen molar-refractivity contribution >= 4 is 17.5 Å². The number of carbonyl (C=O) groups is 2. The summed E-state index contributed by atoms with van der Waals surface area (Å²) in [6.07, 6.45) is 2.14. The molecule has 2 amide bonds. The van der Waals surface area contributed by atoms with Crippen LogP contribution >= 0.6 is 0 Å². The van der Waals surface area contributed by atoms with Crippen LogP contribution in [0.1, 0.15) is 33.3 Å². The molecule has 0 bridgehead atoms. The highest BCUT2D eigenvalue weighted by Gasteiger charge is 2.60. The molecular weight excluding hydrogens is 316 g/mol. The Morgan fingerprint density at radius 3 is 2.56 bits per heavy atom. The number of ether oxygens (including phenoxy) is 1. The molecule has 0 heterocycles. The Morgan fingerprint density at radius 1 is 1.28 bits per heavy atom. The number of nitrogens with one attached hydrogen (secondary N) is 2. The SMILES string of the molecule is COc1ccc(C)cc1NC(=O)CNC(=O)C1C(C=C(C)C)C1(C)C. The van der Waals surface area contributed by atoms with Gasteiger partial charge in [-0.25, -0.2) is 0 Å². The Kier molecular flexibility index (Phi) is 5.55. The Labute approximate surface area is 149 Å². The van der Waals surface area contributed by atoms with Crippen molar-refractivity contribution in [3.63, 3.8) is 0 Å². The number of carbonyl (C=O) groups excluding carboxylic acids is 2. The Balaban J connectivity index is 1.92. The normalized spacial score (nSPS) is 20.4. The van der Waals surface area contributed by atoms with E-state index in [1.165, 1.54) is 5.57 Å². The first-order valence-corrected chi connectivity index (χ1v) is 8.54. The van der Waals surface area contributed by atoms with Crippen molar-refractivity contribution in [2.75, 3.05) is 19.0 Å². The fraction of sp³-hybridized carbons (Fsp3) is 0.500. The van der Waals surface area contributed by atoms with Gasteiger partial charge in [0, 0.05) is 0 Å². The van der Waals surface area contributed by atoms with Crippen LogP contribution in [-0.2, 0) is 9.59 Å². The summed E-state index contributed by atoms with van der Waals surface area (Å²) in [7, 11) is 1.56. The van der Waals surface area contributed by atoms with Crippen LogP contribution in [0.2, 0.25) is 0 Å². The predicted octanol–water partition coefficient (Wildman–Crippen LogP) is 3.30. The molecule has 1 aliphatic rings. The molecule has 2 atom stereocenters. The highest BCUT2D eigenvalue weighted by Crippen LogP contribution is 2.59. The zero-order valence-corrected chi connectivity index (χ0v) is 15.9. The summed E-state index contributed by atoms with van der Waals surface area (Å²) in [6.45, 7) is 10.1. The molecule has 0 spiro atoms. The van der Waals surface area contributed by atoms with Gasteiger partial charge in [-0.3, -0.25) is 9.59 Å². The molecule has 5 heteroatoms. The standard InChI is InChI=1S/C20H28N2O3/c1-12(2)9-14-18(20(14,4)5)19(24)21-11-17(23)22-15-10-13(3)7-8-16(15)25-6/h7-10,14,18H,11H2,1-6H3,(H,21,24)(H,22,23). The highest BCUT2D eigenvalue weighted by molar-refractivity contribution is 5.96. The van der Waals surface area contributed by atoms with E-state index in [0.29, 0.717) is 11.4 Å². The van der Waals surface area contributed by atoms with Crippen LogP contribution < -0.4 is 15.4 Å². The maximum atomic E-state index is 12.4. The Hall–Kier alpha value is -2.30. The molecule has 0 aliphatic heterocycles.